The summed E-state index contributed by atoms with van der Waals surface area (Å²) in [4.78, 5) is 28.1. The molecule has 24 heavy (non-hydrogen) atoms. The van der Waals surface area contributed by atoms with Crippen LogP contribution in [-0.4, -0.2) is 53.5 Å². The van der Waals surface area contributed by atoms with E-state index in [1.54, 1.807) is 4.90 Å². The fraction of sp³-hybridized carbons (Fsp3) is 0.579. The molecule has 2 rings (SSSR count). The highest BCUT2D eigenvalue weighted by atomic mass is 16.2. The first-order valence-corrected chi connectivity index (χ1v) is 8.65. The summed E-state index contributed by atoms with van der Waals surface area (Å²) in [6, 6.07) is 8.27. The van der Waals surface area contributed by atoms with E-state index in [1.165, 1.54) is 11.1 Å². The van der Waals surface area contributed by atoms with Gasteiger partial charge in [0.05, 0.1) is 0 Å². The molecule has 0 unspecified atom stereocenters. The van der Waals surface area contributed by atoms with E-state index >= 15 is 0 Å². The van der Waals surface area contributed by atoms with Gasteiger partial charge in [0, 0.05) is 38.1 Å². The van der Waals surface area contributed by atoms with Crippen molar-refractivity contribution in [2.45, 2.75) is 46.1 Å². The molecule has 0 aliphatic carbocycles. The van der Waals surface area contributed by atoms with Crippen LogP contribution in [0.5, 0.6) is 0 Å². The van der Waals surface area contributed by atoms with Gasteiger partial charge >= 0.3 is 6.03 Å². The summed E-state index contributed by atoms with van der Waals surface area (Å²) in [6.45, 7) is 10.4. The van der Waals surface area contributed by atoms with Crippen LogP contribution in [0, 0.1) is 6.92 Å². The van der Waals surface area contributed by atoms with Gasteiger partial charge in [0.1, 0.15) is 0 Å². The van der Waals surface area contributed by atoms with Crippen LogP contribution >= 0.6 is 0 Å². The number of rotatable bonds is 3. The molecule has 0 radical (unpaired) electrons. The Labute approximate surface area is 145 Å². The van der Waals surface area contributed by atoms with Crippen molar-refractivity contribution in [2.24, 2.45) is 0 Å². The standard InChI is InChI=1S/C19H29N3O2/c1-15-5-7-16(8-6-15)9-10-17(23)21-11-13-22(14-12-21)18(24)20-19(2,3)4/h5-8H,9-14H2,1-4H3,(H,20,24). The number of carbonyl (C=O) groups is 2. The molecule has 5 nitrogen and oxygen atoms in total. The zero-order valence-corrected chi connectivity index (χ0v) is 15.3. The summed E-state index contributed by atoms with van der Waals surface area (Å²) in [5, 5.41) is 2.97. The van der Waals surface area contributed by atoms with Crippen molar-refractivity contribution in [1.82, 2.24) is 15.1 Å². The predicted molar refractivity (Wildman–Crippen MR) is 95.9 cm³/mol. The molecule has 1 aromatic rings. The van der Waals surface area contributed by atoms with Crippen molar-refractivity contribution < 1.29 is 9.59 Å². The smallest absolute Gasteiger partial charge is 0.317 e. The molecule has 0 spiro atoms. The van der Waals surface area contributed by atoms with Crippen molar-refractivity contribution in [3.05, 3.63) is 35.4 Å². The summed E-state index contributed by atoms with van der Waals surface area (Å²) in [6.07, 6.45) is 1.29. The molecule has 1 N–H and O–H groups in total. The fourth-order valence-corrected chi connectivity index (χ4v) is 2.72. The van der Waals surface area contributed by atoms with Crippen LogP contribution in [0.25, 0.3) is 0 Å². The van der Waals surface area contributed by atoms with E-state index < -0.39 is 0 Å². The molecule has 0 aromatic heterocycles. The first-order valence-electron chi connectivity index (χ1n) is 8.65. The van der Waals surface area contributed by atoms with Gasteiger partial charge in [0.2, 0.25) is 5.91 Å². The molecule has 5 heteroatoms. The highest BCUT2D eigenvalue weighted by Crippen LogP contribution is 2.10. The Morgan fingerprint density at radius 2 is 1.54 bits per heavy atom. The molecule has 1 aliphatic heterocycles. The van der Waals surface area contributed by atoms with Crippen molar-refractivity contribution in [3.8, 4) is 0 Å². The third-order valence-electron chi connectivity index (χ3n) is 4.15. The van der Waals surface area contributed by atoms with Gasteiger partial charge in [-0.3, -0.25) is 4.79 Å². The summed E-state index contributed by atoms with van der Waals surface area (Å²) >= 11 is 0. The second-order valence-corrected chi connectivity index (χ2v) is 7.53. The molecular formula is C19H29N3O2. The van der Waals surface area contributed by atoms with Gasteiger partial charge in [0.25, 0.3) is 0 Å². The van der Waals surface area contributed by atoms with Crippen LogP contribution in [0.3, 0.4) is 0 Å². The molecule has 0 atom stereocenters. The first kappa shape index (κ1) is 18.3. The molecule has 1 aliphatic rings. The van der Waals surface area contributed by atoms with Gasteiger partial charge in [-0.05, 0) is 39.7 Å². The molecule has 1 fully saturated rings. The van der Waals surface area contributed by atoms with E-state index in [0.29, 0.717) is 32.6 Å². The number of hydrogen-bond acceptors (Lipinski definition) is 2. The van der Waals surface area contributed by atoms with Gasteiger partial charge in [-0.1, -0.05) is 29.8 Å². The number of aryl methyl sites for hydroxylation is 2. The summed E-state index contributed by atoms with van der Waals surface area (Å²) in [5.41, 5.74) is 2.19. The van der Waals surface area contributed by atoms with Gasteiger partial charge < -0.3 is 15.1 Å². The lowest BCUT2D eigenvalue weighted by molar-refractivity contribution is -0.132. The second-order valence-electron chi connectivity index (χ2n) is 7.53. The van der Waals surface area contributed by atoms with Gasteiger partial charge in [-0.25, -0.2) is 4.79 Å². The maximum atomic E-state index is 12.4. The minimum atomic E-state index is -0.238. The normalized spacial score (nSPS) is 15.3. The molecule has 1 heterocycles. The first-order chi connectivity index (χ1) is 11.2. The highest BCUT2D eigenvalue weighted by molar-refractivity contribution is 5.78. The average Bonchev–Trinajstić information content (AvgIpc) is 2.52. The Bertz CT molecular complexity index is 567. The SMILES string of the molecule is Cc1ccc(CCC(=O)N2CCN(C(=O)NC(C)(C)C)CC2)cc1. The number of benzene rings is 1. The van der Waals surface area contributed by atoms with E-state index in [0.717, 1.165) is 6.42 Å². The number of piperazine rings is 1. The quantitative estimate of drug-likeness (QED) is 0.925. The minimum Gasteiger partial charge on any atom is -0.339 e. The zero-order chi connectivity index (χ0) is 17.7. The maximum Gasteiger partial charge on any atom is 0.317 e. The summed E-state index contributed by atoms with van der Waals surface area (Å²) in [5.74, 6) is 0.173. The predicted octanol–water partition coefficient (Wildman–Crippen LogP) is 2.58. The lowest BCUT2D eigenvalue weighted by Crippen LogP contribution is -2.56. The van der Waals surface area contributed by atoms with Crippen LogP contribution in [0.4, 0.5) is 4.79 Å². The fourth-order valence-electron chi connectivity index (χ4n) is 2.72. The summed E-state index contributed by atoms with van der Waals surface area (Å²) in [7, 11) is 0. The van der Waals surface area contributed by atoms with Gasteiger partial charge in [0.15, 0.2) is 0 Å². The minimum absolute atomic E-state index is 0.0470. The molecule has 1 aromatic carbocycles. The van der Waals surface area contributed by atoms with E-state index in [4.69, 9.17) is 0 Å². The Hall–Kier alpha value is -2.04. The van der Waals surface area contributed by atoms with Gasteiger partial charge in [-0.2, -0.15) is 0 Å². The largest absolute Gasteiger partial charge is 0.339 e. The van der Waals surface area contributed by atoms with E-state index in [9.17, 15) is 9.59 Å². The van der Waals surface area contributed by atoms with Crippen LogP contribution in [-0.2, 0) is 11.2 Å². The topological polar surface area (TPSA) is 52.7 Å². The number of amides is 3. The Morgan fingerprint density at radius 3 is 2.08 bits per heavy atom. The second kappa shape index (κ2) is 7.69. The number of hydrogen-bond donors (Lipinski definition) is 1. The lowest BCUT2D eigenvalue weighted by atomic mass is 10.1. The molecule has 1 saturated heterocycles. The monoisotopic (exact) mass is 331 g/mol. The van der Waals surface area contributed by atoms with Crippen molar-refractivity contribution in [3.63, 3.8) is 0 Å². The lowest BCUT2D eigenvalue weighted by Gasteiger charge is -2.36. The Morgan fingerprint density at radius 1 is 1.00 bits per heavy atom. The molecular weight excluding hydrogens is 302 g/mol. The third-order valence-corrected chi connectivity index (χ3v) is 4.15. The molecule has 0 saturated carbocycles. The van der Waals surface area contributed by atoms with E-state index in [-0.39, 0.29) is 17.5 Å². The molecule has 132 valence electrons. The van der Waals surface area contributed by atoms with Crippen LogP contribution in [0.1, 0.15) is 38.3 Å². The Balaban J connectivity index is 1.76. The van der Waals surface area contributed by atoms with Crippen molar-refractivity contribution in [2.75, 3.05) is 26.2 Å². The average molecular weight is 331 g/mol. The maximum absolute atomic E-state index is 12.4. The van der Waals surface area contributed by atoms with Crippen LogP contribution < -0.4 is 5.32 Å². The van der Waals surface area contributed by atoms with Gasteiger partial charge in [-0.15, -0.1) is 0 Å². The number of urea groups is 1. The number of nitrogens with zero attached hydrogens (tertiary/aromatic N) is 2. The molecule has 0 bridgehead atoms. The third kappa shape index (κ3) is 5.55. The van der Waals surface area contributed by atoms with Crippen molar-refractivity contribution in [1.29, 1.82) is 0 Å². The summed E-state index contributed by atoms with van der Waals surface area (Å²) < 4.78 is 0. The van der Waals surface area contributed by atoms with E-state index in [2.05, 4.69) is 36.5 Å². The zero-order valence-electron chi connectivity index (χ0n) is 15.3. The van der Waals surface area contributed by atoms with Crippen LogP contribution in [0.2, 0.25) is 0 Å². The highest BCUT2D eigenvalue weighted by Gasteiger charge is 2.25. The Kier molecular flexibility index (Phi) is 5.86. The van der Waals surface area contributed by atoms with Crippen LogP contribution in [0.15, 0.2) is 24.3 Å². The number of carbonyl (C=O) groups excluding carboxylic acids is 2. The number of nitrogens with one attached hydrogen (secondary N) is 1. The van der Waals surface area contributed by atoms with E-state index in [1.807, 2.05) is 25.7 Å². The van der Waals surface area contributed by atoms with Crippen molar-refractivity contribution >= 4 is 11.9 Å². The molecule has 3 amide bonds.